The van der Waals surface area contributed by atoms with Gasteiger partial charge in [0.1, 0.15) is 6.10 Å². The van der Waals surface area contributed by atoms with E-state index in [9.17, 15) is 5.21 Å². The molecule has 1 aliphatic heterocycles. The lowest BCUT2D eigenvalue weighted by Gasteiger charge is -2.16. The molecule has 5 nitrogen and oxygen atoms in total. The second-order valence-corrected chi connectivity index (χ2v) is 5.21. The van der Waals surface area contributed by atoms with Crippen molar-refractivity contribution in [3.63, 3.8) is 0 Å². The third-order valence-corrected chi connectivity index (χ3v) is 3.75. The molecular formula is C16H23NO4. The van der Waals surface area contributed by atoms with Gasteiger partial charge in [0, 0.05) is 33.5 Å². The molecule has 1 aromatic carbocycles. The van der Waals surface area contributed by atoms with Crippen LogP contribution >= 0.6 is 0 Å². The Morgan fingerprint density at radius 3 is 2.62 bits per heavy atom. The van der Waals surface area contributed by atoms with Crippen LogP contribution in [-0.2, 0) is 20.8 Å². The third kappa shape index (κ3) is 4.81. The van der Waals surface area contributed by atoms with Crippen LogP contribution in [0.4, 0.5) is 0 Å². The Kier molecular flexibility index (Phi) is 6.17. The molecule has 1 aromatic rings. The Labute approximate surface area is 125 Å². The number of hydrogen-bond donors (Lipinski definition) is 0. The van der Waals surface area contributed by atoms with Gasteiger partial charge in [0.2, 0.25) is 0 Å². The zero-order valence-corrected chi connectivity index (χ0v) is 12.6. The number of methoxy groups -OCH3 is 2. The highest BCUT2D eigenvalue weighted by Gasteiger charge is 2.31. The van der Waals surface area contributed by atoms with Gasteiger partial charge < -0.3 is 19.4 Å². The maximum atomic E-state index is 11.9. The fraction of sp³-hybridized carbons (Fsp3) is 0.562. The molecule has 21 heavy (non-hydrogen) atoms. The van der Waals surface area contributed by atoms with Crippen LogP contribution in [0.1, 0.15) is 24.8 Å². The Morgan fingerprint density at radius 1 is 1.24 bits per heavy atom. The molecule has 1 heterocycles. The molecule has 0 N–H and O–H groups in total. The maximum absolute atomic E-state index is 11.9. The van der Waals surface area contributed by atoms with E-state index in [2.05, 4.69) is 0 Å². The molecular weight excluding hydrogens is 270 g/mol. The minimum atomic E-state index is -0.248. The predicted octanol–water partition coefficient (Wildman–Crippen LogP) is 2.32. The molecule has 1 aliphatic rings. The van der Waals surface area contributed by atoms with E-state index < -0.39 is 0 Å². The molecule has 0 radical (unpaired) electrons. The number of hydroxylamine groups is 1. The van der Waals surface area contributed by atoms with Crippen molar-refractivity contribution in [1.82, 2.24) is 0 Å². The smallest absolute Gasteiger partial charge is 0.180 e. The minimum Gasteiger partial charge on any atom is -0.624 e. The Bertz CT molecular complexity index is 445. The lowest BCUT2D eigenvalue weighted by molar-refractivity contribution is -0.490. The van der Waals surface area contributed by atoms with Gasteiger partial charge in [-0.25, -0.2) is 4.74 Å². The minimum absolute atomic E-state index is 0.0569. The van der Waals surface area contributed by atoms with Gasteiger partial charge in [-0.1, -0.05) is 30.3 Å². The maximum Gasteiger partial charge on any atom is 0.180 e. The molecule has 0 aliphatic carbocycles. The van der Waals surface area contributed by atoms with E-state index in [4.69, 9.17) is 14.2 Å². The fourth-order valence-electron chi connectivity index (χ4n) is 2.51. The van der Waals surface area contributed by atoms with Crippen molar-refractivity contribution < 1.29 is 18.9 Å². The summed E-state index contributed by atoms with van der Waals surface area (Å²) in [5, 5.41) is 11.9. The summed E-state index contributed by atoms with van der Waals surface area (Å²) in [6, 6.07) is 9.92. The Hall–Kier alpha value is -1.43. The number of benzene rings is 1. The average Bonchev–Trinajstić information content (AvgIpc) is 2.88. The van der Waals surface area contributed by atoms with Gasteiger partial charge in [0.05, 0.1) is 6.61 Å². The topological polar surface area (TPSA) is 53.8 Å². The van der Waals surface area contributed by atoms with E-state index in [1.807, 2.05) is 30.3 Å². The number of rotatable bonds is 8. The Morgan fingerprint density at radius 2 is 1.95 bits per heavy atom. The van der Waals surface area contributed by atoms with Crippen LogP contribution < -0.4 is 0 Å². The largest absolute Gasteiger partial charge is 0.624 e. The molecule has 2 atom stereocenters. The van der Waals surface area contributed by atoms with E-state index in [-0.39, 0.29) is 18.4 Å². The van der Waals surface area contributed by atoms with Crippen LogP contribution in [-0.4, -0.2) is 43.6 Å². The first kappa shape index (κ1) is 15.9. The van der Waals surface area contributed by atoms with Gasteiger partial charge >= 0.3 is 0 Å². The van der Waals surface area contributed by atoms with Crippen LogP contribution in [0, 0.1) is 5.21 Å². The summed E-state index contributed by atoms with van der Waals surface area (Å²) < 4.78 is 17.1. The quantitative estimate of drug-likeness (QED) is 0.419. The summed E-state index contributed by atoms with van der Waals surface area (Å²) in [4.78, 5) is 0. The zero-order valence-electron chi connectivity index (χ0n) is 12.6. The summed E-state index contributed by atoms with van der Waals surface area (Å²) >= 11 is 0. The summed E-state index contributed by atoms with van der Waals surface area (Å²) in [5.41, 5.74) is 1.12. The SMILES string of the molecule is COC(CC[C@@H]1C[C@@H](OCc2ccccc2)C=[N+]1[O-])OC. The summed E-state index contributed by atoms with van der Waals surface area (Å²) in [5.74, 6) is 0. The molecule has 0 bridgehead atoms. The van der Waals surface area contributed by atoms with E-state index in [0.717, 1.165) is 23.1 Å². The Balaban J connectivity index is 1.76. The first-order valence-electron chi connectivity index (χ1n) is 7.24. The standard InChI is InChI=1S/C16H23NO4/c1-19-16(20-2)9-8-14-10-15(11-17(14)18)21-12-13-6-4-3-5-7-13/h3-7,11,14-16H,8-10,12H2,1-2H3/t14-,15-/m1/s1. The third-order valence-electron chi connectivity index (χ3n) is 3.75. The molecule has 0 aromatic heterocycles. The first-order valence-corrected chi connectivity index (χ1v) is 7.24. The van der Waals surface area contributed by atoms with Crippen LogP contribution in [0.15, 0.2) is 30.3 Å². The highest BCUT2D eigenvalue weighted by atomic mass is 16.7. The summed E-state index contributed by atoms with van der Waals surface area (Å²) in [6.45, 7) is 0.529. The van der Waals surface area contributed by atoms with Crippen LogP contribution in [0.5, 0.6) is 0 Å². The zero-order chi connectivity index (χ0) is 15.1. The fourth-order valence-corrected chi connectivity index (χ4v) is 2.51. The number of nitrogens with zero attached hydrogens (tertiary/aromatic N) is 1. The van der Waals surface area contributed by atoms with Crippen molar-refractivity contribution in [1.29, 1.82) is 0 Å². The number of ether oxygens (including phenoxy) is 3. The van der Waals surface area contributed by atoms with Gasteiger partial charge in [-0.05, 0) is 5.56 Å². The molecule has 2 rings (SSSR count). The predicted molar refractivity (Wildman–Crippen MR) is 80.2 cm³/mol. The van der Waals surface area contributed by atoms with Crippen molar-refractivity contribution >= 4 is 6.21 Å². The van der Waals surface area contributed by atoms with Gasteiger partial charge in [0.15, 0.2) is 18.5 Å². The van der Waals surface area contributed by atoms with Gasteiger partial charge in [-0.2, -0.15) is 0 Å². The molecule has 5 heteroatoms. The molecule has 0 saturated carbocycles. The lowest BCUT2D eigenvalue weighted by atomic mass is 10.1. The van der Waals surface area contributed by atoms with E-state index in [1.54, 1.807) is 20.4 Å². The molecule has 116 valence electrons. The van der Waals surface area contributed by atoms with E-state index in [1.165, 1.54) is 0 Å². The molecule has 0 amide bonds. The van der Waals surface area contributed by atoms with Crippen LogP contribution in [0.3, 0.4) is 0 Å². The monoisotopic (exact) mass is 293 g/mol. The van der Waals surface area contributed by atoms with Gasteiger partial charge in [-0.15, -0.1) is 0 Å². The van der Waals surface area contributed by atoms with Crippen molar-refractivity contribution in [2.45, 2.75) is 44.3 Å². The summed E-state index contributed by atoms with van der Waals surface area (Å²) in [6.07, 6.45) is 3.42. The molecule has 0 spiro atoms. The second kappa shape index (κ2) is 8.12. The van der Waals surface area contributed by atoms with Crippen LogP contribution in [0.25, 0.3) is 0 Å². The van der Waals surface area contributed by atoms with Gasteiger partial charge in [0.25, 0.3) is 0 Å². The summed E-state index contributed by atoms with van der Waals surface area (Å²) in [7, 11) is 3.21. The second-order valence-electron chi connectivity index (χ2n) is 5.21. The van der Waals surface area contributed by atoms with E-state index >= 15 is 0 Å². The van der Waals surface area contributed by atoms with E-state index in [0.29, 0.717) is 13.0 Å². The van der Waals surface area contributed by atoms with Crippen molar-refractivity contribution in [2.24, 2.45) is 0 Å². The molecule has 0 unspecified atom stereocenters. The van der Waals surface area contributed by atoms with Crippen molar-refractivity contribution in [3.05, 3.63) is 41.1 Å². The van der Waals surface area contributed by atoms with Crippen molar-refractivity contribution in [3.8, 4) is 0 Å². The average molecular weight is 293 g/mol. The first-order chi connectivity index (χ1) is 10.2. The van der Waals surface area contributed by atoms with Crippen molar-refractivity contribution in [2.75, 3.05) is 14.2 Å². The lowest BCUT2D eigenvalue weighted by Crippen LogP contribution is -2.21. The van der Waals surface area contributed by atoms with Gasteiger partial charge in [-0.3, -0.25) is 0 Å². The van der Waals surface area contributed by atoms with Crippen LogP contribution in [0.2, 0.25) is 0 Å². The number of hydrogen-bond acceptors (Lipinski definition) is 4. The molecule has 0 saturated heterocycles. The molecule has 0 fully saturated rings. The normalized spacial score (nSPS) is 21.8. The highest BCUT2D eigenvalue weighted by Crippen LogP contribution is 2.19. The highest BCUT2D eigenvalue weighted by molar-refractivity contribution is 5.59.